The Morgan fingerprint density at radius 1 is 1.47 bits per heavy atom. The number of hydrogen-bond acceptors (Lipinski definition) is 2. The molecule has 0 saturated carbocycles. The summed E-state index contributed by atoms with van der Waals surface area (Å²) < 4.78 is 14.2. The van der Waals surface area contributed by atoms with Gasteiger partial charge in [0.2, 0.25) is 6.21 Å². The van der Waals surface area contributed by atoms with Gasteiger partial charge in [-0.05, 0) is 29.4 Å². The minimum atomic E-state index is -0.269. The molecule has 78 valence electrons. The van der Waals surface area contributed by atoms with Crippen molar-refractivity contribution in [3.05, 3.63) is 35.6 Å². The molecule has 1 heterocycles. The molecular formula is C11H11FN2O. The molecule has 0 aromatic heterocycles. The van der Waals surface area contributed by atoms with Crippen LogP contribution in [0, 0.1) is 11.7 Å². The largest absolute Gasteiger partial charge is 0.857 e. The third-order valence-electron chi connectivity index (χ3n) is 2.28. The normalized spacial score (nSPS) is 23.2. The van der Waals surface area contributed by atoms with E-state index >= 15 is 0 Å². The second kappa shape index (κ2) is 3.81. The molecule has 4 heteroatoms. The molecule has 15 heavy (non-hydrogen) atoms. The van der Waals surface area contributed by atoms with Gasteiger partial charge in [-0.2, -0.15) is 0 Å². The number of rotatable bonds is 1. The second-order valence-corrected chi connectivity index (χ2v) is 3.64. The van der Waals surface area contributed by atoms with Crippen LogP contribution in [-0.4, -0.2) is 23.3 Å². The van der Waals surface area contributed by atoms with Crippen molar-refractivity contribution in [2.75, 3.05) is 6.54 Å². The third-order valence-corrected chi connectivity index (χ3v) is 2.28. The van der Waals surface area contributed by atoms with Gasteiger partial charge in [0.15, 0.2) is 6.54 Å². The lowest BCUT2D eigenvalue weighted by Gasteiger charge is -2.01. The van der Waals surface area contributed by atoms with Crippen LogP contribution in [0.15, 0.2) is 29.4 Å². The summed E-state index contributed by atoms with van der Waals surface area (Å²) in [6, 6.07) is 6.07. The van der Waals surface area contributed by atoms with Crippen LogP contribution in [0.3, 0.4) is 0 Å². The SMILES string of the molecule is CC1C/[N+](=C\c2ccc(F)cc2)N=C1[O-]. The Bertz CT molecular complexity index is 423. The Morgan fingerprint density at radius 3 is 2.67 bits per heavy atom. The summed E-state index contributed by atoms with van der Waals surface area (Å²) in [4.78, 5) is 0. The third kappa shape index (κ3) is 2.21. The fourth-order valence-corrected chi connectivity index (χ4v) is 1.43. The first-order valence-corrected chi connectivity index (χ1v) is 4.78. The molecule has 0 N–H and O–H groups in total. The van der Waals surface area contributed by atoms with Gasteiger partial charge >= 0.3 is 0 Å². The summed E-state index contributed by atoms with van der Waals surface area (Å²) in [6.45, 7) is 2.43. The summed E-state index contributed by atoms with van der Waals surface area (Å²) in [7, 11) is 0. The van der Waals surface area contributed by atoms with Crippen LogP contribution in [-0.2, 0) is 0 Å². The first-order valence-electron chi connectivity index (χ1n) is 4.78. The molecule has 1 aliphatic heterocycles. The summed E-state index contributed by atoms with van der Waals surface area (Å²) in [5, 5.41) is 15.0. The van der Waals surface area contributed by atoms with E-state index in [2.05, 4.69) is 5.10 Å². The molecule has 1 atom stereocenters. The number of nitrogens with zero attached hydrogens (tertiary/aromatic N) is 2. The Kier molecular flexibility index (Phi) is 2.49. The molecule has 2 rings (SSSR count). The molecule has 1 aliphatic rings. The van der Waals surface area contributed by atoms with Crippen LogP contribution in [0.1, 0.15) is 12.5 Å². The summed E-state index contributed by atoms with van der Waals surface area (Å²) in [5.41, 5.74) is 0.835. The molecule has 0 radical (unpaired) electrons. The van der Waals surface area contributed by atoms with Crippen molar-refractivity contribution >= 4 is 12.1 Å². The van der Waals surface area contributed by atoms with Crippen LogP contribution in [0.2, 0.25) is 0 Å². The van der Waals surface area contributed by atoms with Gasteiger partial charge < -0.3 is 5.11 Å². The van der Waals surface area contributed by atoms with Gasteiger partial charge in [-0.3, -0.25) is 0 Å². The molecule has 0 aliphatic carbocycles. The first kappa shape index (κ1) is 9.83. The maximum Gasteiger partial charge on any atom is 0.203 e. The van der Waals surface area contributed by atoms with E-state index in [1.807, 2.05) is 6.92 Å². The zero-order chi connectivity index (χ0) is 10.8. The predicted octanol–water partition coefficient (Wildman–Crippen LogP) is 0.581. The molecule has 3 nitrogen and oxygen atoms in total. The summed E-state index contributed by atoms with van der Waals surface area (Å²) >= 11 is 0. The maximum atomic E-state index is 12.6. The lowest BCUT2D eigenvalue weighted by atomic mass is 10.2. The second-order valence-electron chi connectivity index (χ2n) is 3.64. The highest BCUT2D eigenvalue weighted by Gasteiger charge is 2.19. The van der Waals surface area contributed by atoms with E-state index in [1.54, 1.807) is 23.0 Å². The lowest BCUT2D eigenvalue weighted by Crippen LogP contribution is -2.23. The molecule has 0 amide bonds. The zero-order valence-corrected chi connectivity index (χ0v) is 8.35. The van der Waals surface area contributed by atoms with Crippen LogP contribution in [0.25, 0.3) is 0 Å². The van der Waals surface area contributed by atoms with Gasteiger partial charge in [0.25, 0.3) is 0 Å². The Balaban J connectivity index is 2.22. The van der Waals surface area contributed by atoms with Crippen molar-refractivity contribution in [2.45, 2.75) is 6.92 Å². The smallest absolute Gasteiger partial charge is 0.203 e. The van der Waals surface area contributed by atoms with Gasteiger partial charge in [0, 0.05) is 11.5 Å². The average Bonchev–Trinajstić information content (AvgIpc) is 2.50. The van der Waals surface area contributed by atoms with Gasteiger partial charge in [0.1, 0.15) is 5.82 Å². The molecular weight excluding hydrogens is 195 g/mol. The van der Waals surface area contributed by atoms with Crippen LogP contribution in [0.5, 0.6) is 0 Å². The maximum absolute atomic E-state index is 12.6. The van der Waals surface area contributed by atoms with Crippen LogP contribution >= 0.6 is 0 Å². The van der Waals surface area contributed by atoms with Crippen LogP contribution in [0.4, 0.5) is 4.39 Å². The van der Waals surface area contributed by atoms with Crippen molar-refractivity contribution in [2.24, 2.45) is 11.0 Å². The minimum Gasteiger partial charge on any atom is -0.857 e. The number of hydrogen-bond donors (Lipinski definition) is 0. The fraction of sp³-hybridized carbons (Fsp3) is 0.273. The standard InChI is InChI=1S/C11H11FN2O/c1-8-6-14(13-11(8)15)7-9-2-4-10(12)5-3-9/h2-5,7-8H,6H2,1H3/b14-7+. The highest BCUT2D eigenvalue weighted by atomic mass is 19.1. The van der Waals surface area contributed by atoms with E-state index in [1.165, 1.54) is 12.1 Å². The monoisotopic (exact) mass is 206 g/mol. The van der Waals surface area contributed by atoms with Crippen molar-refractivity contribution in [3.63, 3.8) is 0 Å². The zero-order valence-electron chi connectivity index (χ0n) is 8.35. The molecule has 0 fully saturated rings. The van der Waals surface area contributed by atoms with Gasteiger partial charge in [0.05, 0.1) is 5.92 Å². The molecule has 0 spiro atoms. The Hall–Kier alpha value is -1.71. The molecule has 1 unspecified atom stereocenters. The van der Waals surface area contributed by atoms with Crippen molar-refractivity contribution in [1.29, 1.82) is 0 Å². The van der Waals surface area contributed by atoms with E-state index in [-0.39, 0.29) is 17.6 Å². The van der Waals surface area contributed by atoms with Crippen LogP contribution < -0.4 is 5.11 Å². The predicted molar refractivity (Wildman–Crippen MR) is 53.3 cm³/mol. The molecule has 1 aromatic carbocycles. The average molecular weight is 206 g/mol. The number of benzene rings is 1. The highest BCUT2D eigenvalue weighted by molar-refractivity contribution is 5.78. The Morgan fingerprint density at radius 2 is 2.13 bits per heavy atom. The van der Waals surface area contributed by atoms with Crippen molar-refractivity contribution in [3.8, 4) is 0 Å². The lowest BCUT2D eigenvalue weighted by molar-refractivity contribution is -0.522. The molecule has 1 aromatic rings. The first-order chi connectivity index (χ1) is 7.15. The number of hydrazone groups is 1. The van der Waals surface area contributed by atoms with Crippen molar-refractivity contribution in [1.82, 2.24) is 0 Å². The number of halogens is 1. The van der Waals surface area contributed by atoms with Gasteiger partial charge in [-0.15, -0.1) is 0 Å². The van der Waals surface area contributed by atoms with E-state index < -0.39 is 0 Å². The molecule has 0 saturated heterocycles. The van der Waals surface area contributed by atoms with E-state index in [9.17, 15) is 9.50 Å². The summed E-state index contributed by atoms with van der Waals surface area (Å²) in [6.07, 6.45) is 1.74. The highest BCUT2D eigenvalue weighted by Crippen LogP contribution is 2.06. The minimum absolute atomic E-state index is 0.0540. The van der Waals surface area contributed by atoms with E-state index in [0.29, 0.717) is 6.54 Å². The van der Waals surface area contributed by atoms with Gasteiger partial charge in [-0.25, -0.2) is 4.39 Å². The Labute approximate surface area is 87.2 Å². The van der Waals surface area contributed by atoms with Crippen molar-refractivity contribution < 1.29 is 14.2 Å². The fourth-order valence-electron chi connectivity index (χ4n) is 1.43. The topological polar surface area (TPSA) is 38.4 Å². The van der Waals surface area contributed by atoms with E-state index in [4.69, 9.17) is 0 Å². The molecule has 0 bridgehead atoms. The summed E-state index contributed by atoms with van der Waals surface area (Å²) in [5.74, 6) is -0.426. The quantitative estimate of drug-likeness (QED) is 0.619. The van der Waals surface area contributed by atoms with E-state index in [0.717, 1.165) is 5.56 Å². The van der Waals surface area contributed by atoms with Gasteiger partial charge in [-0.1, -0.05) is 11.6 Å².